The molecule has 3 heterocycles. The molecule has 6 heteroatoms. The number of hydrogen-bond donors (Lipinski definition) is 2. The maximum atomic E-state index is 12.3. The van der Waals surface area contributed by atoms with Gasteiger partial charge in [0.15, 0.2) is 0 Å². The minimum atomic E-state index is -0.0928. The Hall–Kier alpha value is -1.95. The minimum Gasteiger partial charge on any atom is -0.351 e. The van der Waals surface area contributed by atoms with Gasteiger partial charge in [-0.3, -0.25) is 4.79 Å². The summed E-state index contributed by atoms with van der Waals surface area (Å²) in [7, 11) is 0. The summed E-state index contributed by atoms with van der Waals surface area (Å²) in [5.74, 6) is -0.0928. The lowest BCUT2D eigenvalue weighted by molar-refractivity contribution is 0.0922. The topological polar surface area (TPSA) is 80.0 Å². The number of carbonyl (C=O) groups is 1. The molecule has 0 bridgehead atoms. The van der Waals surface area contributed by atoms with Crippen molar-refractivity contribution in [1.82, 2.24) is 20.8 Å². The van der Waals surface area contributed by atoms with Crippen molar-refractivity contribution < 1.29 is 9.32 Å². The SMILES string of the molecule is Cc1noc2ncc(C(=O)NCC3(C)CCNCC3)cc12. The number of piperidine rings is 1. The Balaban J connectivity index is 1.70. The fourth-order valence-corrected chi connectivity index (χ4v) is 2.67. The van der Waals surface area contributed by atoms with Gasteiger partial charge in [0.2, 0.25) is 0 Å². The zero-order valence-corrected chi connectivity index (χ0v) is 12.4. The molecule has 0 unspecified atom stereocenters. The molecule has 2 aromatic rings. The normalized spacial score (nSPS) is 17.8. The van der Waals surface area contributed by atoms with E-state index in [9.17, 15) is 4.79 Å². The van der Waals surface area contributed by atoms with Crippen molar-refractivity contribution in [3.63, 3.8) is 0 Å². The van der Waals surface area contributed by atoms with Crippen LogP contribution >= 0.6 is 0 Å². The summed E-state index contributed by atoms with van der Waals surface area (Å²) in [5.41, 5.74) is 1.93. The third-order valence-electron chi connectivity index (χ3n) is 4.26. The third-order valence-corrected chi connectivity index (χ3v) is 4.26. The average molecular weight is 288 g/mol. The largest absolute Gasteiger partial charge is 0.351 e. The molecule has 1 amide bonds. The highest BCUT2D eigenvalue weighted by atomic mass is 16.5. The minimum absolute atomic E-state index is 0.0928. The van der Waals surface area contributed by atoms with E-state index in [0.29, 0.717) is 17.8 Å². The number of aromatic nitrogens is 2. The van der Waals surface area contributed by atoms with Crippen LogP contribution in [-0.2, 0) is 0 Å². The number of pyridine rings is 1. The van der Waals surface area contributed by atoms with E-state index in [0.717, 1.165) is 37.0 Å². The van der Waals surface area contributed by atoms with Gasteiger partial charge in [-0.1, -0.05) is 12.1 Å². The van der Waals surface area contributed by atoms with Gasteiger partial charge in [0, 0.05) is 12.7 Å². The van der Waals surface area contributed by atoms with Gasteiger partial charge < -0.3 is 15.2 Å². The third kappa shape index (κ3) is 2.90. The van der Waals surface area contributed by atoms with E-state index in [2.05, 4.69) is 27.7 Å². The van der Waals surface area contributed by atoms with Crippen LogP contribution in [0.1, 0.15) is 35.8 Å². The van der Waals surface area contributed by atoms with E-state index in [4.69, 9.17) is 4.52 Å². The Labute approximate surface area is 123 Å². The lowest BCUT2D eigenvalue weighted by atomic mass is 9.81. The van der Waals surface area contributed by atoms with Crippen molar-refractivity contribution in [1.29, 1.82) is 0 Å². The number of nitrogens with one attached hydrogen (secondary N) is 2. The molecule has 2 N–H and O–H groups in total. The van der Waals surface area contributed by atoms with Gasteiger partial charge in [-0.05, 0) is 44.3 Å². The number of rotatable bonds is 3. The highest BCUT2D eigenvalue weighted by Crippen LogP contribution is 2.26. The maximum Gasteiger partial charge on any atom is 0.257 e. The molecule has 6 nitrogen and oxygen atoms in total. The Morgan fingerprint density at radius 2 is 2.24 bits per heavy atom. The lowest BCUT2D eigenvalue weighted by Gasteiger charge is -2.34. The quantitative estimate of drug-likeness (QED) is 0.897. The van der Waals surface area contributed by atoms with Gasteiger partial charge in [0.05, 0.1) is 16.6 Å². The van der Waals surface area contributed by atoms with Gasteiger partial charge in [-0.25, -0.2) is 4.98 Å². The molecule has 1 saturated heterocycles. The summed E-state index contributed by atoms with van der Waals surface area (Å²) in [6.07, 6.45) is 3.69. The molecular weight excluding hydrogens is 268 g/mol. The van der Waals surface area contributed by atoms with E-state index >= 15 is 0 Å². The first-order chi connectivity index (χ1) is 10.1. The number of carbonyl (C=O) groups excluding carboxylic acids is 1. The highest BCUT2D eigenvalue weighted by Gasteiger charge is 2.27. The second-order valence-electron chi connectivity index (χ2n) is 6.09. The number of nitrogens with zero attached hydrogens (tertiary/aromatic N) is 2. The summed E-state index contributed by atoms with van der Waals surface area (Å²) in [5, 5.41) is 11.0. The number of aryl methyl sites for hydroxylation is 1. The molecule has 2 aromatic heterocycles. The van der Waals surface area contributed by atoms with Crippen LogP contribution in [0.5, 0.6) is 0 Å². The lowest BCUT2D eigenvalue weighted by Crippen LogP contribution is -2.42. The molecule has 1 fully saturated rings. The Morgan fingerprint density at radius 1 is 1.48 bits per heavy atom. The Kier molecular flexibility index (Phi) is 3.63. The predicted molar refractivity (Wildman–Crippen MR) is 79.1 cm³/mol. The van der Waals surface area contributed by atoms with E-state index < -0.39 is 0 Å². The molecule has 1 aliphatic heterocycles. The molecule has 1 aliphatic rings. The molecule has 3 rings (SSSR count). The fraction of sp³-hybridized carbons (Fsp3) is 0.533. The van der Waals surface area contributed by atoms with Crippen LogP contribution in [-0.4, -0.2) is 35.7 Å². The summed E-state index contributed by atoms with van der Waals surface area (Å²) < 4.78 is 5.05. The van der Waals surface area contributed by atoms with E-state index in [1.807, 2.05) is 6.92 Å². The van der Waals surface area contributed by atoms with Crippen LogP contribution in [0.4, 0.5) is 0 Å². The first-order valence-corrected chi connectivity index (χ1v) is 7.28. The van der Waals surface area contributed by atoms with Gasteiger partial charge in [-0.2, -0.15) is 0 Å². The standard InChI is InChI=1S/C15H20N4O2/c1-10-12-7-11(8-17-14(12)21-19-10)13(20)18-9-15(2)3-5-16-6-4-15/h7-8,16H,3-6,9H2,1-2H3,(H,18,20). The number of fused-ring (bicyclic) bond motifs is 1. The van der Waals surface area contributed by atoms with Crippen molar-refractivity contribution in [2.75, 3.05) is 19.6 Å². The molecule has 0 atom stereocenters. The first-order valence-electron chi connectivity index (χ1n) is 7.28. The van der Waals surface area contributed by atoms with Gasteiger partial charge in [0.25, 0.3) is 11.6 Å². The van der Waals surface area contributed by atoms with Crippen molar-refractivity contribution in [3.8, 4) is 0 Å². The zero-order valence-electron chi connectivity index (χ0n) is 12.4. The van der Waals surface area contributed by atoms with Crippen molar-refractivity contribution in [3.05, 3.63) is 23.5 Å². The van der Waals surface area contributed by atoms with E-state index in [1.54, 1.807) is 6.07 Å². The second-order valence-corrected chi connectivity index (χ2v) is 6.09. The van der Waals surface area contributed by atoms with Crippen LogP contribution < -0.4 is 10.6 Å². The van der Waals surface area contributed by atoms with Crippen LogP contribution in [0.2, 0.25) is 0 Å². The number of amides is 1. The molecule has 0 spiro atoms. The Morgan fingerprint density at radius 3 is 3.00 bits per heavy atom. The molecule has 0 saturated carbocycles. The zero-order chi connectivity index (χ0) is 14.9. The smallest absolute Gasteiger partial charge is 0.257 e. The van der Waals surface area contributed by atoms with Crippen LogP contribution in [0.3, 0.4) is 0 Å². The van der Waals surface area contributed by atoms with Crippen molar-refractivity contribution in [2.24, 2.45) is 5.41 Å². The monoisotopic (exact) mass is 288 g/mol. The highest BCUT2D eigenvalue weighted by molar-refractivity contribution is 5.96. The molecule has 0 radical (unpaired) electrons. The van der Waals surface area contributed by atoms with E-state index in [-0.39, 0.29) is 11.3 Å². The average Bonchev–Trinajstić information content (AvgIpc) is 2.87. The summed E-state index contributed by atoms with van der Waals surface area (Å²) in [6, 6.07) is 1.79. The van der Waals surface area contributed by atoms with Gasteiger partial charge >= 0.3 is 0 Å². The number of hydrogen-bond acceptors (Lipinski definition) is 5. The molecule has 112 valence electrons. The van der Waals surface area contributed by atoms with Crippen LogP contribution in [0, 0.1) is 12.3 Å². The Bertz CT molecular complexity index is 659. The van der Waals surface area contributed by atoms with Gasteiger partial charge in [0.1, 0.15) is 0 Å². The first kappa shape index (κ1) is 14.0. The molecule has 0 aromatic carbocycles. The van der Waals surface area contributed by atoms with Crippen molar-refractivity contribution >= 4 is 17.0 Å². The van der Waals surface area contributed by atoms with Crippen LogP contribution in [0.25, 0.3) is 11.1 Å². The summed E-state index contributed by atoms with van der Waals surface area (Å²) in [4.78, 5) is 16.4. The fourth-order valence-electron chi connectivity index (χ4n) is 2.67. The second kappa shape index (κ2) is 5.44. The van der Waals surface area contributed by atoms with Crippen LogP contribution in [0.15, 0.2) is 16.8 Å². The van der Waals surface area contributed by atoms with Crippen molar-refractivity contribution in [2.45, 2.75) is 26.7 Å². The molecule has 0 aliphatic carbocycles. The summed E-state index contributed by atoms with van der Waals surface area (Å²) in [6.45, 7) is 6.78. The molecular formula is C15H20N4O2. The maximum absolute atomic E-state index is 12.3. The van der Waals surface area contributed by atoms with Gasteiger partial charge in [-0.15, -0.1) is 0 Å². The molecule has 21 heavy (non-hydrogen) atoms. The van der Waals surface area contributed by atoms with E-state index in [1.165, 1.54) is 6.20 Å². The predicted octanol–water partition coefficient (Wildman–Crippen LogP) is 1.65. The summed E-state index contributed by atoms with van der Waals surface area (Å²) >= 11 is 0.